The van der Waals surface area contributed by atoms with Crippen molar-refractivity contribution >= 4 is 22.1 Å². The van der Waals surface area contributed by atoms with Crippen LogP contribution in [0.1, 0.15) is 36.7 Å². The van der Waals surface area contributed by atoms with Crippen LogP contribution < -0.4 is 0 Å². The Morgan fingerprint density at radius 1 is 1.24 bits per heavy atom. The Morgan fingerprint density at radius 2 is 1.97 bits per heavy atom. The molecule has 1 saturated heterocycles. The summed E-state index contributed by atoms with van der Waals surface area (Å²) in [5, 5.41) is 9.44. The molecule has 0 N–H and O–H groups in total. The minimum absolute atomic E-state index is 0.0741. The molecule has 3 rings (SSSR count). The van der Waals surface area contributed by atoms with E-state index in [1.807, 2.05) is 43.5 Å². The van der Waals surface area contributed by atoms with Crippen molar-refractivity contribution < 1.29 is 22.7 Å². The van der Waals surface area contributed by atoms with Gasteiger partial charge in [0.25, 0.3) is 0 Å². The third-order valence-electron chi connectivity index (χ3n) is 5.53. The number of unbranched alkanes of at least 4 members (excludes halogenated alkanes) is 1. The van der Waals surface area contributed by atoms with Crippen LogP contribution in [-0.2, 0) is 24.3 Å². The van der Waals surface area contributed by atoms with Crippen LogP contribution in [0.15, 0.2) is 40.8 Å². The first-order valence-electron chi connectivity index (χ1n) is 11.0. The second-order valence-electron chi connectivity index (χ2n) is 7.83. The maximum absolute atomic E-state index is 13.1. The summed E-state index contributed by atoms with van der Waals surface area (Å²) in [6.45, 7) is 7.43. The van der Waals surface area contributed by atoms with E-state index in [9.17, 15) is 18.5 Å². The molecule has 9 heteroatoms. The Kier molecular flexibility index (Phi) is 8.08. The van der Waals surface area contributed by atoms with Crippen molar-refractivity contribution in [3.05, 3.63) is 52.9 Å². The number of rotatable bonds is 8. The number of ether oxygens (including phenoxy) is 2. The zero-order valence-corrected chi connectivity index (χ0v) is 20.0. The molecular formula is C24H29N3O5S. The van der Waals surface area contributed by atoms with Gasteiger partial charge >= 0.3 is 5.97 Å². The van der Waals surface area contributed by atoms with Crippen LogP contribution in [0, 0.1) is 25.2 Å². The average molecular weight is 472 g/mol. The van der Waals surface area contributed by atoms with E-state index in [1.165, 1.54) is 10.4 Å². The zero-order valence-electron chi connectivity index (χ0n) is 19.2. The molecule has 1 aliphatic rings. The van der Waals surface area contributed by atoms with E-state index in [-0.39, 0.29) is 17.1 Å². The molecule has 0 radical (unpaired) electrons. The van der Waals surface area contributed by atoms with E-state index in [0.29, 0.717) is 37.6 Å². The predicted molar refractivity (Wildman–Crippen MR) is 124 cm³/mol. The lowest BCUT2D eigenvalue weighted by Gasteiger charge is -2.26. The Labute approximate surface area is 195 Å². The van der Waals surface area contributed by atoms with Gasteiger partial charge in [0.15, 0.2) is 0 Å². The van der Waals surface area contributed by atoms with E-state index in [0.717, 1.165) is 24.2 Å². The first-order chi connectivity index (χ1) is 15.8. The summed E-state index contributed by atoms with van der Waals surface area (Å²) < 4.78 is 39.9. The number of sulfonamides is 1. The molecule has 0 saturated carbocycles. The molecule has 2 heterocycles. The lowest BCUT2D eigenvalue weighted by molar-refractivity contribution is -0.138. The van der Waals surface area contributed by atoms with Crippen molar-refractivity contribution in [3.63, 3.8) is 0 Å². The van der Waals surface area contributed by atoms with Crippen molar-refractivity contribution in [2.45, 2.75) is 38.5 Å². The standard InChI is InChI=1S/C24H29N3O5S/c1-4-5-11-32-24(28)21(17-25)15-20-14-18(2)27(19(20)3)22-7-6-8-23(16-22)33(29,30)26-9-12-31-13-10-26/h6-8,14-16H,4-5,9-13H2,1-3H3/b21-15+. The quantitative estimate of drug-likeness (QED) is 0.253. The monoisotopic (exact) mass is 471 g/mol. The van der Waals surface area contributed by atoms with Crippen LogP contribution in [-0.4, -0.2) is 56.2 Å². The third-order valence-corrected chi connectivity index (χ3v) is 7.42. The van der Waals surface area contributed by atoms with Crippen molar-refractivity contribution in [2.75, 3.05) is 32.9 Å². The number of benzene rings is 1. The third kappa shape index (κ3) is 5.53. The van der Waals surface area contributed by atoms with E-state index in [2.05, 4.69) is 0 Å². The van der Waals surface area contributed by atoms with Gasteiger partial charge in [-0.15, -0.1) is 0 Å². The number of esters is 1. The number of carbonyl (C=O) groups is 1. The van der Waals surface area contributed by atoms with Gasteiger partial charge in [0.2, 0.25) is 10.0 Å². The van der Waals surface area contributed by atoms with E-state index in [1.54, 1.807) is 18.2 Å². The second-order valence-corrected chi connectivity index (χ2v) is 9.77. The molecule has 1 aliphatic heterocycles. The largest absolute Gasteiger partial charge is 0.462 e. The minimum atomic E-state index is -3.63. The smallest absolute Gasteiger partial charge is 0.348 e. The van der Waals surface area contributed by atoms with Crippen LogP contribution in [0.25, 0.3) is 11.8 Å². The van der Waals surface area contributed by atoms with Gasteiger partial charge in [0.1, 0.15) is 11.6 Å². The molecule has 0 aliphatic carbocycles. The highest BCUT2D eigenvalue weighted by Crippen LogP contribution is 2.26. The summed E-state index contributed by atoms with van der Waals surface area (Å²) in [4.78, 5) is 12.4. The van der Waals surface area contributed by atoms with Gasteiger partial charge in [0, 0.05) is 30.2 Å². The van der Waals surface area contributed by atoms with E-state index in [4.69, 9.17) is 9.47 Å². The van der Waals surface area contributed by atoms with Crippen molar-refractivity contribution in [1.29, 1.82) is 5.26 Å². The number of hydrogen-bond acceptors (Lipinski definition) is 6. The minimum Gasteiger partial charge on any atom is -0.462 e. The summed E-state index contributed by atoms with van der Waals surface area (Å²) in [5.41, 5.74) is 2.93. The van der Waals surface area contributed by atoms with Gasteiger partial charge in [-0.05, 0) is 56.2 Å². The molecule has 8 nitrogen and oxygen atoms in total. The van der Waals surface area contributed by atoms with Gasteiger partial charge in [-0.25, -0.2) is 13.2 Å². The second kappa shape index (κ2) is 10.8. The molecule has 0 unspecified atom stereocenters. The predicted octanol–water partition coefficient (Wildman–Crippen LogP) is 3.37. The van der Waals surface area contributed by atoms with Crippen LogP contribution in [0.3, 0.4) is 0 Å². The number of nitrogens with zero attached hydrogens (tertiary/aromatic N) is 3. The highest BCUT2D eigenvalue weighted by atomic mass is 32.2. The van der Waals surface area contributed by atoms with Crippen LogP contribution in [0.5, 0.6) is 0 Å². The first-order valence-corrected chi connectivity index (χ1v) is 12.4. The number of aromatic nitrogens is 1. The molecule has 0 atom stereocenters. The average Bonchev–Trinajstić information content (AvgIpc) is 3.10. The Morgan fingerprint density at radius 3 is 2.64 bits per heavy atom. The van der Waals surface area contributed by atoms with Crippen molar-refractivity contribution in [2.24, 2.45) is 0 Å². The van der Waals surface area contributed by atoms with Gasteiger partial charge in [0.05, 0.1) is 24.7 Å². The van der Waals surface area contributed by atoms with E-state index >= 15 is 0 Å². The summed E-state index contributed by atoms with van der Waals surface area (Å²) in [7, 11) is -3.63. The summed E-state index contributed by atoms with van der Waals surface area (Å²) >= 11 is 0. The van der Waals surface area contributed by atoms with Crippen LogP contribution >= 0.6 is 0 Å². The fourth-order valence-electron chi connectivity index (χ4n) is 3.73. The molecule has 1 aromatic carbocycles. The molecule has 176 valence electrons. The van der Waals surface area contributed by atoms with Crippen LogP contribution in [0.4, 0.5) is 0 Å². The highest BCUT2D eigenvalue weighted by molar-refractivity contribution is 7.89. The molecule has 33 heavy (non-hydrogen) atoms. The number of nitriles is 1. The summed E-state index contributed by atoms with van der Waals surface area (Å²) in [6, 6.07) is 10.5. The fraction of sp³-hybridized carbons (Fsp3) is 0.417. The van der Waals surface area contributed by atoms with Crippen LogP contribution in [0.2, 0.25) is 0 Å². The highest BCUT2D eigenvalue weighted by Gasteiger charge is 2.26. The van der Waals surface area contributed by atoms with Gasteiger partial charge in [-0.3, -0.25) is 0 Å². The molecule has 2 aromatic rings. The SMILES string of the molecule is CCCCOC(=O)/C(C#N)=C/c1cc(C)n(-c2cccc(S(=O)(=O)N3CCOCC3)c2)c1C. The van der Waals surface area contributed by atoms with Gasteiger partial charge in [-0.2, -0.15) is 9.57 Å². The summed E-state index contributed by atoms with van der Waals surface area (Å²) in [6.07, 6.45) is 3.14. The maximum Gasteiger partial charge on any atom is 0.348 e. The number of carbonyl (C=O) groups excluding carboxylic acids is 1. The zero-order chi connectivity index (χ0) is 24.0. The molecule has 0 amide bonds. The van der Waals surface area contributed by atoms with E-state index < -0.39 is 16.0 Å². The number of aryl methyl sites for hydroxylation is 1. The molecule has 1 aromatic heterocycles. The number of morpholine rings is 1. The molecule has 1 fully saturated rings. The van der Waals surface area contributed by atoms with Crippen molar-refractivity contribution in [1.82, 2.24) is 8.87 Å². The Bertz CT molecular complexity index is 1190. The fourth-order valence-corrected chi connectivity index (χ4v) is 5.18. The lowest BCUT2D eigenvalue weighted by atomic mass is 10.1. The lowest BCUT2D eigenvalue weighted by Crippen LogP contribution is -2.40. The van der Waals surface area contributed by atoms with Gasteiger partial charge in [-0.1, -0.05) is 19.4 Å². The normalized spacial score (nSPS) is 15.3. The van der Waals surface area contributed by atoms with Gasteiger partial charge < -0.3 is 14.0 Å². The Balaban J connectivity index is 1.94. The number of hydrogen-bond donors (Lipinski definition) is 0. The maximum atomic E-state index is 13.1. The molecular weight excluding hydrogens is 442 g/mol. The van der Waals surface area contributed by atoms with Crippen molar-refractivity contribution in [3.8, 4) is 11.8 Å². The molecule has 0 spiro atoms. The molecule has 0 bridgehead atoms. The Hall–Kier alpha value is -2.93. The first kappa shape index (κ1) is 24.7. The topological polar surface area (TPSA) is 102 Å². The summed E-state index contributed by atoms with van der Waals surface area (Å²) in [5.74, 6) is -0.644.